The van der Waals surface area contributed by atoms with Gasteiger partial charge in [0, 0.05) is 19.0 Å². The number of hydrogen-bond acceptors (Lipinski definition) is 5. The van der Waals surface area contributed by atoms with Crippen LogP contribution in [0.2, 0.25) is 0 Å². The minimum absolute atomic E-state index is 0.0372. The molecule has 9 nitrogen and oxygen atoms in total. The first kappa shape index (κ1) is 31.7. The van der Waals surface area contributed by atoms with Gasteiger partial charge in [0.15, 0.2) is 0 Å². The second kappa shape index (κ2) is 14.4. The van der Waals surface area contributed by atoms with Crippen molar-refractivity contribution in [3.8, 4) is 0 Å². The van der Waals surface area contributed by atoms with E-state index in [-0.39, 0.29) is 31.3 Å². The van der Waals surface area contributed by atoms with Crippen molar-refractivity contribution >= 4 is 23.8 Å². The summed E-state index contributed by atoms with van der Waals surface area (Å²) in [5, 5.41) is 5.60. The Kier molecular flexibility index (Phi) is 12.3. The number of aryl methyl sites for hydroxylation is 2. The molecule has 1 rings (SSSR count). The van der Waals surface area contributed by atoms with Crippen molar-refractivity contribution < 1.29 is 23.9 Å². The van der Waals surface area contributed by atoms with E-state index < -0.39 is 35.6 Å². The Morgan fingerprint density at radius 1 is 1.14 bits per heavy atom. The number of hydrogen-bond donors (Lipinski definition) is 3. The van der Waals surface area contributed by atoms with Gasteiger partial charge in [0.2, 0.25) is 17.7 Å². The molecule has 0 aromatic heterocycles. The van der Waals surface area contributed by atoms with Crippen LogP contribution < -0.4 is 16.4 Å². The van der Waals surface area contributed by atoms with E-state index in [0.29, 0.717) is 5.56 Å². The molecule has 0 aliphatic rings. The average Bonchev–Trinajstić information content (AvgIpc) is 2.76. The summed E-state index contributed by atoms with van der Waals surface area (Å²) in [4.78, 5) is 53.1. The fourth-order valence-electron chi connectivity index (χ4n) is 3.99. The number of ether oxygens (including phenoxy) is 1. The molecule has 0 aliphatic carbocycles. The predicted octanol–water partition coefficient (Wildman–Crippen LogP) is 3.82. The summed E-state index contributed by atoms with van der Waals surface area (Å²) in [7, 11) is 0. The predicted molar refractivity (Wildman–Crippen MR) is 145 cm³/mol. The van der Waals surface area contributed by atoms with Crippen molar-refractivity contribution in [1.82, 2.24) is 15.5 Å². The molecular weight excluding hydrogens is 472 g/mol. The maximum atomic E-state index is 13.9. The molecule has 1 aromatic rings. The Hall–Kier alpha value is -3.36. The van der Waals surface area contributed by atoms with Crippen molar-refractivity contribution in [1.29, 1.82) is 0 Å². The van der Waals surface area contributed by atoms with Gasteiger partial charge in [-0.15, -0.1) is 6.58 Å². The molecule has 0 aliphatic heterocycles. The monoisotopic (exact) mass is 516 g/mol. The molecule has 0 radical (unpaired) electrons. The van der Waals surface area contributed by atoms with Gasteiger partial charge in [0.05, 0.1) is 0 Å². The van der Waals surface area contributed by atoms with E-state index in [9.17, 15) is 19.2 Å². The molecule has 0 saturated heterocycles. The summed E-state index contributed by atoms with van der Waals surface area (Å²) in [5.41, 5.74) is 6.99. The lowest BCUT2D eigenvalue weighted by Crippen LogP contribution is -2.54. The van der Waals surface area contributed by atoms with E-state index in [2.05, 4.69) is 17.2 Å². The summed E-state index contributed by atoms with van der Waals surface area (Å²) in [6, 6.07) is 3.49. The van der Waals surface area contributed by atoms with Crippen LogP contribution >= 0.6 is 0 Å². The van der Waals surface area contributed by atoms with Crippen molar-refractivity contribution in [3.05, 3.63) is 47.5 Å². The van der Waals surface area contributed by atoms with E-state index in [0.717, 1.165) is 24.0 Å². The minimum atomic E-state index is -1.14. The molecule has 0 fully saturated rings. The van der Waals surface area contributed by atoms with Crippen LogP contribution in [0.1, 0.15) is 83.0 Å². The number of rotatable bonds is 13. The Morgan fingerprint density at radius 3 is 2.32 bits per heavy atom. The lowest BCUT2D eigenvalue weighted by atomic mass is 9.95. The maximum absolute atomic E-state index is 13.9. The lowest BCUT2D eigenvalue weighted by molar-refractivity contribution is -0.142. The van der Waals surface area contributed by atoms with E-state index in [1.165, 1.54) is 11.0 Å². The summed E-state index contributed by atoms with van der Waals surface area (Å²) in [5.74, 6) is -1.50. The lowest BCUT2D eigenvalue weighted by Gasteiger charge is -2.35. The number of nitrogens with one attached hydrogen (secondary N) is 2. The first-order valence-electron chi connectivity index (χ1n) is 12.8. The molecule has 1 aromatic carbocycles. The number of alkyl carbamates (subject to hydrolysis) is 1. The zero-order valence-electron chi connectivity index (χ0n) is 23.3. The Balaban J connectivity index is 3.54. The van der Waals surface area contributed by atoms with E-state index in [1.54, 1.807) is 20.8 Å². The van der Waals surface area contributed by atoms with E-state index in [1.807, 2.05) is 45.9 Å². The zero-order chi connectivity index (χ0) is 28.3. The first-order valence-corrected chi connectivity index (χ1v) is 12.8. The van der Waals surface area contributed by atoms with E-state index in [4.69, 9.17) is 10.5 Å². The maximum Gasteiger partial charge on any atom is 0.408 e. The van der Waals surface area contributed by atoms with Crippen LogP contribution in [-0.4, -0.2) is 52.9 Å². The number of carbonyl (C=O) groups is 4. The van der Waals surface area contributed by atoms with Gasteiger partial charge in [-0.1, -0.05) is 43.2 Å². The number of carbonyl (C=O) groups excluding carboxylic acids is 4. The smallest absolute Gasteiger partial charge is 0.408 e. The highest BCUT2D eigenvalue weighted by Gasteiger charge is 2.37. The molecule has 3 unspecified atom stereocenters. The molecule has 9 heteroatoms. The van der Waals surface area contributed by atoms with Crippen LogP contribution in [0, 0.1) is 13.8 Å². The van der Waals surface area contributed by atoms with Gasteiger partial charge in [0.1, 0.15) is 17.7 Å². The first-order chi connectivity index (χ1) is 17.2. The quantitative estimate of drug-likeness (QED) is 0.343. The second-order valence-electron chi connectivity index (χ2n) is 10.4. The van der Waals surface area contributed by atoms with Crippen molar-refractivity contribution in [2.24, 2.45) is 5.73 Å². The fraction of sp³-hybridized carbons (Fsp3) is 0.571. The zero-order valence-corrected chi connectivity index (χ0v) is 23.3. The Bertz CT molecular complexity index is 970. The third-order valence-corrected chi connectivity index (χ3v) is 5.68. The van der Waals surface area contributed by atoms with Crippen LogP contribution in [0.3, 0.4) is 0 Å². The van der Waals surface area contributed by atoms with Gasteiger partial charge in [-0.2, -0.15) is 0 Å². The summed E-state index contributed by atoms with van der Waals surface area (Å²) >= 11 is 0. The minimum Gasteiger partial charge on any atom is -0.444 e. The van der Waals surface area contributed by atoms with Gasteiger partial charge >= 0.3 is 6.09 Å². The van der Waals surface area contributed by atoms with Crippen molar-refractivity contribution in [3.63, 3.8) is 0 Å². The van der Waals surface area contributed by atoms with Crippen LogP contribution in [0.15, 0.2) is 30.9 Å². The SMILES string of the molecule is C=CCN(C(=O)C(CCC(N)=O)NC(=O)OC(C)(C)C)C(C(=O)NC(C)CCC)c1cc(C)ccc1C. The third kappa shape index (κ3) is 10.7. The Morgan fingerprint density at radius 2 is 1.78 bits per heavy atom. The molecule has 0 heterocycles. The van der Waals surface area contributed by atoms with E-state index >= 15 is 0 Å². The molecule has 3 atom stereocenters. The Labute approximate surface area is 221 Å². The number of primary amides is 1. The number of benzene rings is 1. The van der Waals surface area contributed by atoms with Gasteiger partial charge in [-0.05, 0) is 65.5 Å². The molecule has 0 spiro atoms. The standard InChI is InChI=1S/C28H44N4O5/c1-9-11-20(5)30-25(34)24(21-17-18(3)12-13-19(21)4)32(16-10-2)26(35)22(14-15-23(29)33)31-27(36)37-28(6,7)8/h10,12-13,17,20,22,24H,2,9,11,14-16H2,1,3-8H3,(H2,29,33)(H,30,34)(H,31,36). The van der Waals surface area contributed by atoms with Crippen molar-refractivity contribution in [2.45, 2.75) is 97.9 Å². The number of amides is 4. The highest BCUT2D eigenvalue weighted by Crippen LogP contribution is 2.27. The summed E-state index contributed by atoms with van der Waals surface area (Å²) in [6.07, 6.45) is 2.20. The normalized spacial score (nSPS) is 13.6. The van der Waals surface area contributed by atoms with Crippen LogP contribution in [0.5, 0.6) is 0 Å². The average molecular weight is 517 g/mol. The molecule has 206 valence electrons. The number of nitrogens with two attached hydrogens (primary N) is 1. The van der Waals surface area contributed by atoms with Gasteiger partial charge in [-0.25, -0.2) is 4.79 Å². The summed E-state index contributed by atoms with van der Waals surface area (Å²) in [6.45, 7) is 16.7. The van der Waals surface area contributed by atoms with Gasteiger partial charge in [0.25, 0.3) is 0 Å². The fourth-order valence-corrected chi connectivity index (χ4v) is 3.99. The van der Waals surface area contributed by atoms with Crippen LogP contribution in [0.25, 0.3) is 0 Å². The van der Waals surface area contributed by atoms with Crippen LogP contribution in [-0.2, 0) is 19.1 Å². The molecule has 0 saturated carbocycles. The van der Waals surface area contributed by atoms with Crippen LogP contribution in [0.4, 0.5) is 4.79 Å². The highest BCUT2D eigenvalue weighted by atomic mass is 16.6. The van der Waals surface area contributed by atoms with Gasteiger partial charge < -0.3 is 26.0 Å². The number of nitrogens with zero attached hydrogens (tertiary/aromatic N) is 1. The van der Waals surface area contributed by atoms with Gasteiger partial charge in [-0.3, -0.25) is 14.4 Å². The molecule has 37 heavy (non-hydrogen) atoms. The molecule has 4 N–H and O–H groups in total. The highest BCUT2D eigenvalue weighted by molar-refractivity contribution is 5.93. The molecule has 0 bridgehead atoms. The van der Waals surface area contributed by atoms with Crippen molar-refractivity contribution in [2.75, 3.05) is 6.54 Å². The second-order valence-corrected chi connectivity index (χ2v) is 10.4. The largest absolute Gasteiger partial charge is 0.444 e. The summed E-state index contributed by atoms with van der Waals surface area (Å²) < 4.78 is 5.34. The molecule has 4 amide bonds. The third-order valence-electron chi connectivity index (χ3n) is 5.68. The topological polar surface area (TPSA) is 131 Å². The molecular formula is C28H44N4O5.